The van der Waals surface area contributed by atoms with Gasteiger partial charge in [0.1, 0.15) is 0 Å². The molecule has 1 aromatic heterocycles. The Morgan fingerprint density at radius 3 is 2.53 bits per heavy atom. The summed E-state index contributed by atoms with van der Waals surface area (Å²) in [6, 6.07) is 0. The highest BCUT2D eigenvalue weighted by Crippen LogP contribution is 2.32. The topological polar surface area (TPSA) is 41.0 Å². The number of halogens is 3. The normalized spacial score (nSPS) is 20.5. The molecule has 0 radical (unpaired) electrons. The molecule has 1 fully saturated rings. The summed E-state index contributed by atoms with van der Waals surface area (Å²) in [5.41, 5.74) is 0.108. The number of anilines is 1. The van der Waals surface area contributed by atoms with Crippen molar-refractivity contribution in [2.24, 2.45) is 5.41 Å². The van der Waals surface area contributed by atoms with Gasteiger partial charge in [-0.3, -0.25) is 0 Å². The first-order valence-electron chi connectivity index (χ1n) is 6.12. The summed E-state index contributed by atoms with van der Waals surface area (Å²) in [5.74, 6) is -1.06. The highest BCUT2D eigenvalue weighted by atomic mass is 32.1. The number of piperidine rings is 1. The van der Waals surface area contributed by atoms with E-state index in [4.69, 9.17) is 0 Å². The van der Waals surface area contributed by atoms with E-state index < -0.39 is 12.0 Å². The molecule has 0 unspecified atom stereocenters. The van der Waals surface area contributed by atoms with E-state index in [1.807, 2.05) is 0 Å². The first-order valence-corrected chi connectivity index (χ1v) is 6.89. The molecule has 0 aliphatic carbocycles. The number of nitrogens with zero attached hydrogens (tertiary/aromatic N) is 3. The first-order chi connectivity index (χ1) is 8.78. The van der Waals surface area contributed by atoms with Crippen LogP contribution in [0.1, 0.15) is 25.6 Å². The van der Waals surface area contributed by atoms with Crippen LogP contribution in [-0.4, -0.2) is 40.9 Å². The van der Waals surface area contributed by atoms with Gasteiger partial charge in [0.2, 0.25) is 11.0 Å². The van der Waals surface area contributed by atoms with Crippen molar-refractivity contribution in [2.45, 2.75) is 25.9 Å². The molecule has 0 amide bonds. The van der Waals surface area contributed by atoms with Gasteiger partial charge < -0.3 is 10.2 Å². The van der Waals surface area contributed by atoms with Crippen LogP contribution in [0.4, 0.5) is 18.3 Å². The summed E-state index contributed by atoms with van der Waals surface area (Å²) in [6.07, 6.45) is -2.41. The monoisotopic (exact) mass is 294 g/mol. The fourth-order valence-electron chi connectivity index (χ4n) is 2.03. The highest BCUT2D eigenvalue weighted by molar-refractivity contribution is 7.09. The minimum Gasteiger partial charge on any atom is -0.360 e. The van der Waals surface area contributed by atoms with E-state index in [0.717, 1.165) is 37.5 Å². The molecule has 1 aliphatic heterocycles. The summed E-state index contributed by atoms with van der Waals surface area (Å²) in [5, 5.41) is 3.23. The van der Waals surface area contributed by atoms with Gasteiger partial charge in [-0.1, -0.05) is 6.92 Å². The van der Waals surface area contributed by atoms with Gasteiger partial charge in [0.15, 0.2) is 0 Å². The standard InChI is InChI=1S/C11H17F3N4S/c1-10(3-5-18(2)6-4-10)7-15-9-16-8(17-19-9)11(12,13)14/h3-7H2,1-2H3,(H,15,16,17). The lowest BCUT2D eigenvalue weighted by Crippen LogP contribution is -2.40. The molecule has 1 N–H and O–H groups in total. The van der Waals surface area contributed by atoms with Crippen molar-refractivity contribution < 1.29 is 13.2 Å². The Balaban J connectivity index is 1.90. The average molecular weight is 294 g/mol. The molecule has 0 bridgehead atoms. The van der Waals surface area contributed by atoms with Gasteiger partial charge in [-0.05, 0) is 38.4 Å². The Hall–Kier alpha value is -0.890. The Kier molecular flexibility index (Phi) is 4.00. The third-order valence-electron chi connectivity index (χ3n) is 3.54. The second-order valence-electron chi connectivity index (χ2n) is 5.39. The van der Waals surface area contributed by atoms with Crippen molar-refractivity contribution in [2.75, 3.05) is 32.0 Å². The van der Waals surface area contributed by atoms with Crippen LogP contribution in [0.2, 0.25) is 0 Å². The SMILES string of the molecule is CN1CCC(C)(CNc2nc(C(F)(F)F)ns2)CC1. The zero-order valence-electron chi connectivity index (χ0n) is 10.9. The molecular weight excluding hydrogens is 277 g/mol. The zero-order chi connectivity index (χ0) is 14.1. The number of aromatic nitrogens is 2. The maximum absolute atomic E-state index is 12.4. The number of likely N-dealkylation sites (tertiary alicyclic amines) is 1. The van der Waals surface area contributed by atoms with Crippen LogP contribution in [0.25, 0.3) is 0 Å². The summed E-state index contributed by atoms with van der Waals surface area (Å²) in [7, 11) is 2.08. The molecule has 0 aromatic carbocycles. The second kappa shape index (κ2) is 5.24. The number of hydrogen-bond acceptors (Lipinski definition) is 5. The maximum atomic E-state index is 12.4. The van der Waals surface area contributed by atoms with Crippen molar-refractivity contribution in [3.63, 3.8) is 0 Å². The number of hydrogen-bond donors (Lipinski definition) is 1. The van der Waals surface area contributed by atoms with Crippen LogP contribution in [0.5, 0.6) is 0 Å². The van der Waals surface area contributed by atoms with Crippen LogP contribution in [0.3, 0.4) is 0 Å². The van der Waals surface area contributed by atoms with Crippen molar-refractivity contribution in [1.29, 1.82) is 0 Å². The molecule has 1 aromatic rings. The van der Waals surface area contributed by atoms with E-state index in [1.165, 1.54) is 0 Å². The summed E-state index contributed by atoms with van der Waals surface area (Å²) < 4.78 is 40.4. The van der Waals surface area contributed by atoms with Gasteiger partial charge in [0.25, 0.3) is 0 Å². The quantitative estimate of drug-likeness (QED) is 0.930. The maximum Gasteiger partial charge on any atom is 0.452 e. The van der Waals surface area contributed by atoms with Crippen molar-refractivity contribution in [3.8, 4) is 0 Å². The Morgan fingerprint density at radius 2 is 2.00 bits per heavy atom. The van der Waals surface area contributed by atoms with Gasteiger partial charge in [-0.2, -0.15) is 22.5 Å². The molecule has 19 heavy (non-hydrogen) atoms. The van der Waals surface area contributed by atoms with Crippen molar-refractivity contribution >= 4 is 16.7 Å². The molecule has 8 heteroatoms. The van der Waals surface area contributed by atoms with E-state index >= 15 is 0 Å². The van der Waals surface area contributed by atoms with Crippen LogP contribution in [-0.2, 0) is 6.18 Å². The van der Waals surface area contributed by atoms with Crippen molar-refractivity contribution in [1.82, 2.24) is 14.3 Å². The van der Waals surface area contributed by atoms with E-state index in [-0.39, 0.29) is 10.5 Å². The highest BCUT2D eigenvalue weighted by Gasteiger charge is 2.36. The lowest BCUT2D eigenvalue weighted by atomic mass is 9.80. The molecule has 2 heterocycles. The molecule has 1 aliphatic rings. The molecule has 4 nitrogen and oxygen atoms in total. The number of alkyl halides is 3. The lowest BCUT2D eigenvalue weighted by Gasteiger charge is -2.37. The van der Waals surface area contributed by atoms with Gasteiger partial charge in [-0.25, -0.2) is 0 Å². The average Bonchev–Trinajstić information content (AvgIpc) is 2.80. The minimum atomic E-state index is -4.46. The largest absolute Gasteiger partial charge is 0.452 e. The van der Waals surface area contributed by atoms with E-state index in [2.05, 4.69) is 33.5 Å². The van der Waals surface area contributed by atoms with Gasteiger partial charge in [0, 0.05) is 18.1 Å². The summed E-state index contributed by atoms with van der Waals surface area (Å²) in [4.78, 5) is 5.73. The number of rotatable bonds is 3. The molecule has 0 atom stereocenters. The molecule has 1 saturated heterocycles. The van der Waals surface area contributed by atoms with E-state index in [0.29, 0.717) is 6.54 Å². The van der Waals surface area contributed by atoms with Crippen LogP contribution in [0.15, 0.2) is 0 Å². The fraction of sp³-hybridized carbons (Fsp3) is 0.818. The van der Waals surface area contributed by atoms with Crippen LogP contribution in [0, 0.1) is 5.41 Å². The fourth-order valence-corrected chi connectivity index (χ4v) is 2.62. The molecule has 108 valence electrons. The van der Waals surface area contributed by atoms with Gasteiger partial charge in [0.05, 0.1) is 0 Å². The smallest absolute Gasteiger partial charge is 0.360 e. The van der Waals surface area contributed by atoms with Crippen molar-refractivity contribution in [3.05, 3.63) is 5.82 Å². The first kappa shape index (κ1) is 14.5. The minimum absolute atomic E-state index is 0.108. The van der Waals surface area contributed by atoms with E-state index in [9.17, 15) is 13.2 Å². The summed E-state index contributed by atoms with van der Waals surface area (Å²) >= 11 is 0.762. The third kappa shape index (κ3) is 3.79. The summed E-state index contributed by atoms with van der Waals surface area (Å²) in [6.45, 7) is 4.82. The van der Waals surface area contributed by atoms with Gasteiger partial charge in [-0.15, -0.1) is 0 Å². The van der Waals surface area contributed by atoms with Crippen LogP contribution >= 0.6 is 11.5 Å². The second-order valence-corrected chi connectivity index (χ2v) is 6.14. The van der Waals surface area contributed by atoms with Crippen LogP contribution < -0.4 is 5.32 Å². The predicted molar refractivity (Wildman–Crippen MR) is 68.2 cm³/mol. The molecule has 0 spiro atoms. The number of nitrogens with one attached hydrogen (secondary N) is 1. The lowest BCUT2D eigenvalue weighted by molar-refractivity contribution is -0.144. The van der Waals surface area contributed by atoms with Gasteiger partial charge >= 0.3 is 6.18 Å². The predicted octanol–water partition coefficient (Wildman–Crippen LogP) is 2.70. The van der Waals surface area contributed by atoms with E-state index in [1.54, 1.807) is 0 Å². The molecular formula is C11H17F3N4S. The Labute approximate surface area is 114 Å². The Morgan fingerprint density at radius 1 is 1.37 bits per heavy atom. The Bertz CT molecular complexity index is 424. The molecule has 0 saturated carbocycles. The molecule has 2 rings (SSSR count). The third-order valence-corrected chi connectivity index (χ3v) is 4.21. The zero-order valence-corrected chi connectivity index (χ0v) is 11.7.